The van der Waals surface area contributed by atoms with E-state index >= 15 is 0 Å². The molecule has 1 N–H and O–H groups in total. The van der Waals surface area contributed by atoms with Gasteiger partial charge < -0.3 is 9.73 Å². The van der Waals surface area contributed by atoms with Crippen LogP contribution in [0.5, 0.6) is 0 Å². The molecule has 8 heteroatoms. The van der Waals surface area contributed by atoms with E-state index in [1.165, 1.54) is 18.1 Å². The molecule has 0 aliphatic heterocycles. The van der Waals surface area contributed by atoms with Crippen molar-refractivity contribution in [1.82, 2.24) is 9.97 Å². The highest BCUT2D eigenvalue weighted by molar-refractivity contribution is 8.00. The molecule has 2 aromatic carbocycles. The summed E-state index contributed by atoms with van der Waals surface area (Å²) in [5.41, 5.74) is 2.52. The number of nitrogens with one attached hydrogen (secondary N) is 1. The number of furan rings is 1. The van der Waals surface area contributed by atoms with E-state index in [2.05, 4.69) is 15.3 Å². The number of thioether (sulfide) groups is 1. The molecule has 0 radical (unpaired) electrons. The highest BCUT2D eigenvalue weighted by atomic mass is 35.5. The van der Waals surface area contributed by atoms with Crippen LogP contribution in [0.25, 0.3) is 22.1 Å². The minimum Gasteiger partial charge on any atom is -0.451 e. The molecule has 0 spiro atoms. The van der Waals surface area contributed by atoms with E-state index in [4.69, 9.17) is 27.6 Å². The number of halogens is 2. The lowest BCUT2D eigenvalue weighted by atomic mass is 10.2. The normalized spacial score (nSPS) is 11.2. The van der Waals surface area contributed by atoms with Gasteiger partial charge in [0.05, 0.1) is 16.5 Å². The highest BCUT2D eigenvalue weighted by Gasteiger charge is 2.15. The Bertz CT molecular complexity index is 1130. The molecule has 0 atom stereocenters. The Morgan fingerprint density at radius 1 is 1.15 bits per heavy atom. The van der Waals surface area contributed by atoms with Crippen LogP contribution in [0.3, 0.4) is 0 Å². The van der Waals surface area contributed by atoms with Crippen molar-refractivity contribution in [1.29, 1.82) is 0 Å². The molecule has 4 rings (SSSR count). The Morgan fingerprint density at radius 2 is 2.00 bits per heavy atom. The fraction of sp³-hybridized carbons (Fsp3) is 0.0556. The van der Waals surface area contributed by atoms with Crippen molar-refractivity contribution in [3.8, 4) is 0 Å². The number of carbonyl (C=O) groups excluding carboxylic acids is 1. The van der Waals surface area contributed by atoms with E-state index in [-0.39, 0.29) is 11.7 Å². The maximum absolute atomic E-state index is 12.2. The SMILES string of the molecule is O=C(CSc1ncnc2c1oc1ccccc12)Nc1cc(Cl)ccc1Cl. The monoisotopic (exact) mass is 403 g/mol. The Labute approximate surface area is 162 Å². The number of hydrogen-bond acceptors (Lipinski definition) is 5. The van der Waals surface area contributed by atoms with Gasteiger partial charge in [0.15, 0.2) is 5.58 Å². The minimum atomic E-state index is -0.220. The third-order valence-corrected chi connectivity index (χ3v) is 5.20. The van der Waals surface area contributed by atoms with Gasteiger partial charge >= 0.3 is 0 Å². The van der Waals surface area contributed by atoms with Gasteiger partial charge in [-0.05, 0) is 30.3 Å². The van der Waals surface area contributed by atoms with Crippen molar-refractivity contribution in [3.63, 3.8) is 0 Å². The summed E-state index contributed by atoms with van der Waals surface area (Å²) >= 11 is 13.3. The zero-order valence-electron chi connectivity index (χ0n) is 13.2. The standard InChI is InChI=1S/C18H11Cl2N3O2S/c19-10-5-6-12(20)13(7-10)23-15(24)8-26-18-17-16(21-9-22-18)11-3-1-2-4-14(11)25-17/h1-7,9H,8H2,(H,23,24). The molecular formula is C18H11Cl2N3O2S. The van der Waals surface area contributed by atoms with E-state index in [0.717, 1.165) is 16.5 Å². The molecule has 2 heterocycles. The van der Waals surface area contributed by atoms with Gasteiger partial charge in [0.2, 0.25) is 5.91 Å². The van der Waals surface area contributed by atoms with E-state index in [9.17, 15) is 4.79 Å². The summed E-state index contributed by atoms with van der Waals surface area (Å²) in [5.74, 6) is -0.0755. The van der Waals surface area contributed by atoms with Crippen LogP contribution in [0.2, 0.25) is 10.0 Å². The lowest BCUT2D eigenvalue weighted by Gasteiger charge is -2.07. The Balaban J connectivity index is 1.54. The molecule has 26 heavy (non-hydrogen) atoms. The Morgan fingerprint density at radius 3 is 2.88 bits per heavy atom. The summed E-state index contributed by atoms with van der Waals surface area (Å²) in [7, 11) is 0. The van der Waals surface area contributed by atoms with Crippen LogP contribution in [0.1, 0.15) is 0 Å². The Hall–Kier alpha value is -2.28. The molecule has 0 aliphatic rings. The lowest BCUT2D eigenvalue weighted by molar-refractivity contribution is -0.113. The summed E-state index contributed by atoms with van der Waals surface area (Å²) in [5, 5.41) is 5.20. The van der Waals surface area contributed by atoms with Gasteiger partial charge in [-0.2, -0.15) is 0 Å². The zero-order chi connectivity index (χ0) is 18.1. The summed E-state index contributed by atoms with van der Waals surface area (Å²) in [6, 6.07) is 12.5. The van der Waals surface area contributed by atoms with Crippen molar-refractivity contribution >= 4 is 68.6 Å². The fourth-order valence-corrected chi connectivity index (χ4v) is 3.59. The molecule has 4 aromatic rings. The van der Waals surface area contributed by atoms with Crippen LogP contribution in [-0.4, -0.2) is 21.6 Å². The van der Waals surface area contributed by atoms with Crippen molar-refractivity contribution in [2.24, 2.45) is 0 Å². The second kappa shape index (κ2) is 7.15. The number of rotatable bonds is 4. The van der Waals surface area contributed by atoms with E-state index < -0.39 is 0 Å². The second-order valence-corrected chi connectivity index (χ2v) is 7.22. The number of hydrogen-bond donors (Lipinski definition) is 1. The predicted molar refractivity (Wildman–Crippen MR) is 105 cm³/mol. The van der Waals surface area contributed by atoms with Gasteiger partial charge in [-0.3, -0.25) is 4.79 Å². The summed E-state index contributed by atoms with van der Waals surface area (Å²) in [6.45, 7) is 0. The fourth-order valence-electron chi connectivity index (χ4n) is 2.52. The molecule has 0 saturated heterocycles. The predicted octanol–water partition coefficient (Wildman–Crippen LogP) is 5.41. The number of nitrogens with zero attached hydrogens (tertiary/aromatic N) is 2. The van der Waals surface area contributed by atoms with Gasteiger partial charge in [0.25, 0.3) is 0 Å². The Kier molecular flexibility index (Phi) is 4.72. The van der Waals surface area contributed by atoms with Crippen molar-refractivity contribution in [2.45, 2.75) is 5.03 Å². The quantitative estimate of drug-likeness (QED) is 0.364. The summed E-state index contributed by atoms with van der Waals surface area (Å²) < 4.78 is 5.85. The first-order valence-electron chi connectivity index (χ1n) is 7.62. The molecule has 130 valence electrons. The summed E-state index contributed by atoms with van der Waals surface area (Å²) in [6.07, 6.45) is 1.47. The molecule has 0 bridgehead atoms. The largest absolute Gasteiger partial charge is 0.451 e. The zero-order valence-corrected chi connectivity index (χ0v) is 15.5. The summed E-state index contributed by atoms with van der Waals surface area (Å²) in [4.78, 5) is 20.8. The van der Waals surface area contributed by atoms with Crippen LogP contribution < -0.4 is 5.32 Å². The number of anilines is 1. The molecule has 0 aliphatic carbocycles. The molecule has 2 aromatic heterocycles. The molecule has 0 saturated carbocycles. The third-order valence-electron chi connectivity index (χ3n) is 3.67. The van der Waals surface area contributed by atoms with Gasteiger partial charge in [-0.15, -0.1) is 0 Å². The number of amides is 1. The average molecular weight is 404 g/mol. The van der Waals surface area contributed by atoms with Crippen molar-refractivity contribution in [3.05, 3.63) is 58.8 Å². The van der Waals surface area contributed by atoms with Crippen LogP contribution in [0.4, 0.5) is 5.69 Å². The van der Waals surface area contributed by atoms with Gasteiger partial charge in [0, 0.05) is 10.4 Å². The third kappa shape index (κ3) is 3.35. The van der Waals surface area contributed by atoms with E-state index in [0.29, 0.717) is 26.3 Å². The smallest absolute Gasteiger partial charge is 0.234 e. The molecule has 5 nitrogen and oxygen atoms in total. The van der Waals surface area contributed by atoms with Gasteiger partial charge in [-0.1, -0.05) is 47.1 Å². The topological polar surface area (TPSA) is 68.0 Å². The van der Waals surface area contributed by atoms with E-state index in [1.54, 1.807) is 18.2 Å². The van der Waals surface area contributed by atoms with Crippen LogP contribution in [-0.2, 0) is 4.79 Å². The second-order valence-electron chi connectivity index (χ2n) is 5.42. The van der Waals surface area contributed by atoms with Crippen LogP contribution >= 0.6 is 35.0 Å². The number of aromatic nitrogens is 2. The first kappa shape index (κ1) is 17.1. The van der Waals surface area contributed by atoms with Crippen molar-refractivity contribution in [2.75, 3.05) is 11.1 Å². The highest BCUT2D eigenvalue weighted by Crippen LogP contribution is 2.32. The molecule has 0 unspecified atom stereocenters. The average Bonchev–Trinajstić information content (AvgIpc) is 3.02. The van der Waals surface area contributed by atoms with E-state index in [1.807, 2.05) is 24.3 Å². The van der Waals surface area contributed by atoms with Gasteiger partial charge in [-0.25, -0.2) is 9.97 Å². The van der Waals surface area contributed by atoms with Gasteiger partial charge in [0.1, 0.15) is 22.5 Å². The number of benzene rings is 2. The maximum atomic E-state index is 12.2. The first-order chi connectivity index (χ1) is 12.6. The number of para-hydroxylation sites is 1. The molecule has 0 fully saturated rings. The maximum Gasteiger partial charge on any atom is 0.234 e. The first-order valence-corrected chi connectivity index (χ1v) is 9.36. The lowest BCUT2D eigenvalue weighted by Crippen LogP contribution is -2.14. The van der Waals surface area contributed by atoms with Crippen LogP contribution in [0, 0.1) is 0 Å². The minimum absolute atomic E-state index is 0.145. The van der Waals surface area contributed by atoms with Crippen LogP contribution in [0.15, 0.2) is 58.2 Å². The van der Waals surface area contributed by atoms with Crippen molar-refractivity contribution < 1.29 is 9.21 Å². The molecule has 1 amide bonds. The number of carbonyl (C=O) groups is 1. The molecular weight excluding hydrogens is 393 g/mol. The number of fused-ring (bicyclic) bond motifs is 3.